The number of H-pyrrole nitrogens is 1. The number of hydrogen-bond acceptors (Lipinski definition) is 3. The number of aromatic nitrogens is 1. The topological polar surface area (TPSA) is 60.2 Å². The molecule has 3 N–H and O–H groups in total. The predicted molar refractivity (Wildman–Crippen MR) is 61.9 cm³/mol. The Morgan fingerprint density at radius 2 is 2.56 bits per heavy atom. The van der Waals surface area contributed by atoms with Gasteiger partial charge in [0.05, 0.1) is 6.04 Å². The molecule has 0 aromatic carbocycles. The van der Waals surface area contributed by atoms with Crippen LogP contribution in [0.5, 0.6) is 0 Å². The quantitative estimate of drug-likeness (QED) is 0.648. The van der Waals surface area contributed by atoms with Gasteiger partial charge in [0.25, 0.3) is 0 Å². The van der Waals surface area contributed by atoms with E-state index >= 15 is 0 Å². The van der Waals surface area contributed by atoms with E-state index in [4.69, 9.17) is 0 Å². The summed E-state index contributed by atoms with van der Waals surface area (Å²) in [4.78, 5) is 17.0. The van der Waals surface area contributed by atoms with Crippen LogP contribution in [0, 0.1) is 0 Å². The molecule has 1 unspecified atom stereocenters. The van der Waals surface area contributed by atoms with Crippen molar-refractivity contribution in [3.05, 3.63) is 24.0 Å². The van der Waals surface area contributed by atoms with Crippen LogP contribution in [-0.4, -0.2) is 48.5 Å². The van der Waals surface area contributed by atoms with Gasteiger partial charge in [0, 0.05) is 38.6 Å². The predicted octanol–water partition coefficient (Wildman–Crippen LogP) is -0.465. The van der Waals surface area contributed by atoms with Crippen LogP contribution in [0.4, 0.5) is 0 Å². The van der Waals surface area contributed by atoms with Crippen molar-refractivity contribution in [1.82, 2.24) is 20.5 Å². The van der Waals surface area contributed by atoms with Crippen LogP contribution in [0.25, 0.3) is 0 Å². The molecule has 16 heavy (non-hydrogen) atoms. The van der Waals surface area contributed by atoms with E-state index in [0.717, 1.165) is 25.2 Å². The van der Waals surface area contributed by atoms with Crippen LogP contribution < -0.4 is 10.6 Å². The fourth-order valence-electron chi connectivity index (χ4n) is 1.85. The molecule has 0 bridgehead atoms. The van der Waals surface area contributed by atoms with Crippen molar-refractivity contribution in [2.75, 3.05) is 26.7 Å². The van der Waals surface area contributed by atoms with E-state index in [1.54, 1.807) is 0 Å². The van der Waals surface area contributed by atoms with E-state index in [9.17, 15) is 4.79 Å². The summed E-state index contributed by atoms with van der Waals surface area (Å²) in [5, 5.41) is 6.15. The SMILES string of the molecule is CN1CCNC(C(=O)NCc2cc[nH]c2)C1. The molecule has 1 aliphatic rings. The van der Waals surface area contributed by atoms with Crippen LogP contribution in [0.2, 0.25) is 0 Å². The van der Waals surface area contributed by atoms with Crippen LogP contribution >= 0.6 is 0 Å². The van der Waals surface area contributed by atoms with Crippen LogP contribution in [-0.2, 0) is 11.3 Å². The summed E-state index contributed by atoms with van der Waals surface area (Å²) in [5.41, 5.74) is 1.09. The third kappa shape index (κ3) is 2.84. The molecule has 0 saturated carbocycles. The van der Waals surface area contributed by atoms with Gasteiger partial charge in [-0.1, -0.05) is 0 Å². The zero-order chi connectivity index (χ0) is 11.4. The highest BCUT2D eigenvalue weighted by molar-refractivity contribution is 5.82. The van der Waals surface area contributed by atoms with Gasteiger partial charge in [0.15, 0.2) is 0 Å². The molecule has 1 amide bonds. The number of likely N-dealkylation sites (N-methyl/N-ethyl adjacent to an activating group) is 1. The highest BCUT2D eigenvalue weighted by atomic mass is 16.2. The van der Waals surface area contributed by atoms with Crippen molar-refractivity contribution in [2.45, 2.75) is 12.6 Å². The summed E-state index contributed by atoms with van der Waals surface area (Å²) >= 11 is 0. The molecule has 88 valence electrons. The number of amides is 1. The first-order chi connectivity index (χ1) is 7.75. The van der Waals surface area contributed by atoms with Crippen molar-refractivity contribution in [2.24, 2.45) is 0 Å². The Bertz CT molecular complexity index is 336. The average Bonchev–Trinajstić information content (AvgIpc) is 2.78. The number of carbonyl (C=O) groups excluding carboxylic acids is 1. The standard InChI is InChI=1S/C11H18N4O/c1-15-5-4-13-10(8-15)11(16)14-7-9-2-3-12-6-9/h2-3,6,10,12-13H,4-5,7-8H2,1H3,(H,14,16). The lowest BCUT2D eigenvalue weighted by Crippen LogP contribution is -2.55. The first kappa shape index (κ1) is 11.2. The van der Waals surface area contributed by atoms with Crippen LogP contribution in [0.1, 0.15) is 5.56 Å². The fraction of sp³-hybridized carbons (Fsp3) is 0.545. The molecule has 1 aromatic heterocycles. The van der Waals surface area contributed by atoms with Gasteiger partial charge in [-0.05, 0) is 18.7 Å². The normalized spacial score (nSPS) is 21.9. The zero-order valence-electron chi connectivity index (χ0n) is 9.49. The summed E-state index contributed by atoms with van der Waals surface area (Å²) in [7, 11) is 2.03. The fourth-order valence-corrected chi connectivity index (χ4v) is 1.85. The summed E-state index contributed by atoms with van der Waals surface area (Å²) in [6.07, 6.45) is 3.74. The minimum atomic E-state index is -0.0855. The van der Waals surface area contributed by atoms with Gasteiger partial charge in [-0.2, -0.15) is 0 Å². The van der Waals surface area contributed by atoms with Crippen molar-refractivity contribution >= 4 is 5.91 Å². The second-order valence-corrected chi connectivity index (χ2v) is 4.21. The van der Waals surface area contributed by atoms with E-state index in [1.807, 2.05) is 25.5 Å². The molecule has 1 saturated heterocycles. The molecule has 0 aliphatic carbocycles. The Labute approximate surface area is 95.2 Å². The summed E-state index contributed by atoms with van der Waals surface area (Å²) in [5.74, 6) is 0.0766. The lowest BCUT2D eigenvalue weighted by Gasteiger charge is -2.29. The number of hydrogen-bond donors (Lipinski definition) is 3. The van der Waals surface area contributed by atoms with E-state index in [-0.39, 0.29) is 11.9 Å². The summed E-state index contributed by atoms with van der Waals surface area (Å²) in [6, 6.07) is 1.87. The maximum Gasteiger partial charge on any atom is 0.238 e. The van der Waals surface area contributed by atoms with E-state index in [1.165, 1.54) is 0 Å². The smallest absolute Gasteiger partial charge is 0.238 e. The Kier molecular flexibility index (Phi) is 3.58. The van der Waals surface area contributed by atoms with Crippen LogP contribution in [0.15, 0.2) is 18.5 Å². The van der Waals surface area contributed by atoms with Crippen molar-refractivity contribution in [3.8, 4) is 0 Å². The van der Waals surface area contributed by atoms with Gasteiger partial charge in [0.2, 0.25) is 5.91 Å². The van der Waals surface area contributed by atoms with Gasteiger partial charge in [-0.25, -0.2) is 0 Å². The number of aromatic amines is 1. The lowest BCUT2D eigenvalue weighted by molar-refractivity contribution is -0.124. The monoisotopic (exact) mass is 222 g/mol. The van der Waals surface area contributed by atoms with Crippen molar-refractivity contribution < 1.29 is 4.79 Å². The molecule has 1 aliphatic heterocycles. The first-order valence-corrected chi connectivity index (χ1v) is 5.57. The number of rotatable bonds is 3. The molecule has 1 aromatic rings. The van der Waals surface area contributed by atoms with Crippen molar-refractivity contribution in [3.63, 3.8) is 0 Å². The minimum absolute atomic E-state index is 0.0766. The molecular formula is C11H18N4O. The summed E-state index contributed by atoms with van der Waals surface area (Å²) in [6.45, 7) is 3.24. The van der Waals surface area contributed by atoms with Crippen LogP contribution in [0.3, 0.4) is 0 Å². The third-order valence-electron chi connectivity index (χ3n) is 2.82. The molecule has 0 spiro atoms. The molecule has 1 fully saturated rings. The number of carbonyl (C=O) groups is 1. The zero-order valence-corrected chi connectivity index (χ0v) is 9.49. The first-order valence-electron chi connectivity index (χ1n) is 5.57. The molecular weight excluding hydrogens is 204 g/mol. The molecule has 2 rings (SSSR count). The maximum atomic E-state index is 11.8. The van der Waals surface area contributed by atoms with Gasteiger partial charge in [0.1, 0.15) is 0 Å². The maximum absolute atomic E-state index is 11.8. The van der Waals surface area contributed by atoms with Gasteiger partial charge in [-0.3, -0.25) is 4.79 Å². The number of nitrogens with one attached hydrogen (secondary N) is 3. The molecule has 2 heterocycles. The van der Waals surface area contributed by atoms with Gasteiger partial charge < -0.3 is 20.5 Å². The Morgan fingerprint density at radius 3 is 3.25 bits per heavy atom. The molecule has 5 nitrogen and oxygen atoms in total. The van der Waals surface area contributed by atoms with E-state index < -0.39 is 0 Å². The summed E-state index contributed by atoms with van der Waals surface area (Å²) < 4.78 is 0. The number of nitrogens with zero attached hydrogens (tertiary/aromatic N) is 1. The Morgan fingerprint density at radius 1 is 1.69 bits per heavy atom. The highest BCUT2D eigenvalue weighted by Crippen LogP contribution is 1.98. The molecule has 5 heteroatoms. The largest absolute Gasteiger partial charge is 0.367 e. The molecule has 0 radical (unpaired) electrons. The minimum Gasteiger partial charge on any atom is -0.367 e. The molecule has 1 atom stereocenters. The van der Waals surface area contributed by atoms with Gasteiger partial charge >= 0.3 is 0 Å². The lowest BCUT2D eigenvalue weighted by atomic mass is 10.2. The van der Waals surface area contributed by atoms with E-state index in [0.29, 0.717) is 6.54 Å². The third-order valence-corrected chi connectivity index (χ3v) is 2.82. The van der Waals surface area contributed by atoms with E-state index in [2.05, 4.69) is 20.5 Å². The second-order valence-electron chi connectivity index (χ2n) is 4.21. The van der Waals surface area contributed by atoms with Gasteiger partial charge in [-0.15, -0.1) is 0 Å². The Hall–Kier alpha value is -1.33. The Balaban J connectivity index is 1.79. The highest BCUT2D eigenvalue weighted by Gasteiger charge is 2.22. The average molecular weight is 222 g/mol. The number of piperazine rings is 1. The van der Waals surface area contributed by atoms with Crippen molar-refractivity contribution in [1.29, 1.82) is 0 Å². The second kappa shape index (κ2) is 5.14.